The minimum absolute atomic E-state index is 0.404. The molecule has 0 atom stereocenters. The van der Waals surface area contributed by atoms with Gasteiger partial charge in [-0.1, -0.05) is 6.08 Å². The molecular weight excluding hydrogens is 216 g/mol. The summed E-state index contributed by atoms with van der Waals surface area (Å²) < 4.78 is 11.0. The Kier molecular flexibility index (Phi) is 5.86. The lowest BCUT2D eigenvalue weighted by Crippen LogP contribution is -2.01. The second-order valence-electron chi connectivity index (χ2n) is 3.50. The predicted octanol–water partition coefficient (Wildman–Crippen LogP) is 2.78. The number of carbonyl (C=O) groups excluding carboxylic acids is 1. The summed E-state index contributed by atoms with van der Waals surface area (Å²) in [6.07, 6.45) is 3.79. The summed E-state index contributed by atoms with van der Waals surface area (Å²) in [6.45, 7) is 6.70. The van der Waals surface area contributed by atoms with Crippen LogP contribution >= 0.6 is 0 Å². The van der Waals surface area contributed by atoms with Gasteiger partial charge < -0.3 is 14.3 Å². The van der Waals surface area contributed by atoms with E-state index in [1.807, 2.05) is 31.2 Å². The zero-order chi connectivity index (χ0) is 12.5. The molecule has 92 valence electrons. The molecule has 0 amide bonds. The fourth-order valence-electron chi connectivity index (χ4n) is 1.49. The van der Waals surface area contributed by atoms with E-state index in [-0.39, 0.29) is 0 Å². The normalized spacial score (nSPS) is 9.71. The zero-order valence-corrected chi connectivity index (χ0v) is 10.1. The van der Waals surface area contributed by atoms with Gasteiger partial charge in [0, 0.05) is 12.0 Å². The Hall–Kier alpha value is -1.77. The first-order chi connectivity index (χ1) is 8.31. The fourth-order valence-corrected chi connectivity index (χ4v) is 1.49. The van der Waals surface area contributed by atoms with Crippen molar-refractivity contribution in [3.63, 3.8) is 0 Å². The number of ether oxygens (including phenoxy) is 2. The van der Waals surface area contributed by atoms with E-state index >= 15 is 0 Å². The van der Waals surface area contributed by atoms with Crippen LogP contribution in [0.15, 0.2) is 30.9 Å². The minimum Gasteiger partial charge on any atom is -0.494 e. The highest BCUT2D eigenvalue weighted by atomic mass is 16.5. The van der Waals surface area contributed by atoms with Gasteiger partial charge in [0.15, 0.2) is 0 Å². The molecule has 1 rings (SSSR count). The maximum Gasteiger partial charge on any atom is 0.123 e. The average Bonchev–Trinajstić information content (AvgIpc) is 2.33. The lowest BCUT2D eigenvalue weighted by atomic mass is 10.1. The van der Waals surface area contributed by atoms with Crippen LogP contribution in [-0.2, 0) is 11.2 Å². The Bertz CT molecular complexity index is 372. The van der Waals surface area contributed by atoms with Gasteiger partial charge in [0.1, 0.15) is 17.8 Å². The lowest BCUT2D eigenvalue weighted by Gasteiger charge is -2.11. The van der Waals surface area contributed by atoms with Gasteiger partial charge in [-0.2, -0.15) is 0 Å². The Morgan fingerprint density at radius 1 is 1.35 bits per heavy atom. The van der Waals surface area contributed by atoms with Crippen LogP contribution in [0.5, 0.6) is 11.5 Å². The first kappa shape index (κ1) is 13.3. The molecule has 0 heterocycles. The summed E-state index contributed by atoms with van der Waals surface area (Å²) >= 11 is 0. The summed E-state index contributed by atoms with van der Waals surface area (Å²) in [5.41, 5.74) is 1.02. The molecular formula is C14H18O3. The van der Waals surface area contributed by atoms with Crippen molar-refractivity contribution >= 4 is 6.29 Å². The van der Waals surface area contributed by atoms with Crippen molar-refractivity contribution < 1.29 is 14.3 Å². The first-order valence-electron chi connectivity index (χ1n) is 5.74. The molecule has 3 nitrogen and oxygen atoms in total. The van der Waals surface area contributed by atoms with E-state index < -0.39 is 0 Å². The van der Waals surface area contributed by atoms with Crippen LogP contribution in [0.1, 0.15) is 18.9 Å². The van der Waals surface area contributed by atoms with E-state index in [0.717, 1.165) is 29.8 Å². The Morgan fingerprint density at radius 3 is 2.82 bits per heavy atom. The van der Waals surface area contributed by atoms with Crippen LogP contribution in [0.25, 0.3) is 0 Å². The van der Waals surface area contributed by atoms with E-state index in [2.05, 4.69) is 6.58 Å². The highest BCUT2D eigenvalue weighted by Gasteiger charge is 2.04. The van der Waals surface area contributed by atoms with Crippen molar-refractivity contribution in [3.05, 3.63) is 36.4 Å². The summed E-state index contributed by atoms with van der Waals surface area (Å²) in [5, 5.41) is 0. The molecule has 0 fully saturated rings. The number of benzene rings is 1. The van der Waals surface area contributed by atoms with Crippen LogP contribution in [0.2, 0.25) is 0 Å². The Labute approximate surface area is 102 Å². The SMILES string of the molecule is C=CCc1cc(OCC)ccc1OCCC=O. The number of hydrogen-bond donors (Lipinski definition) is 0. The van der Waals surface area contributed by atoms with E-state index in [0.29, 0.717) is 19.6 Å². The van der Waals surface area contributed by atoms with Gasteiger partial charge in [-0.25, -0.2) is 0 Å². The molecule has 0 bridgehead atoms. The van der Waals surface area contributed by atoms with Crippen molar-refractivity contribution in [1.82, 2.24) is 0 Å². The third-order valence-corrected chi connectivity index (χ3v) is 2.20. The molecule has 0 radical (unpaired) electrons. The molecule has 0 aromatic heterocycles. The van der Waals surface area contributed by atoms with Gasteiger partial charge in [-0.3, -0.25) is 0 Å². The van der Waals surface area contributed by atoms with Gasteiger partial charge in [0.2, 0.25) is 0 Å². The highest BCUT2D eigenvalue weighted by molar-refractivity contribution is 5.49. The molecule has 0 unspecified atom stereocenters. The minimum atomic E-state index is 0.404. The third-order valence-electron chi connectivity index (χ3n) is 2.20. The molecule has 0 aliphatic carbocycles. The second kappa shape index (κ2) is 7.49. The monoisotopic (exact) mass is 234 g/mol. The van der Waals surface area contributed by atoms with Crippen LogP contribution in [-0.4, -0.2) is 19.5 Å². The molecule has 1 aromatic rings. The molecule has 17 heavy (non-hydrogen) atoms. The number of rotatable bonds is 8. The van der Waals surface area contributed by atoms with E-state index in [4.69, 9.17) is 9.47 Å². The smallest absolute Gasteiger partial charge is 0.123 e. The average molecular weight is 234 g/mol. The molecule has 0 aliphatic heterocycles. The molecule has 0 saturated carbocycles. The second-order valence-corrected chi connectivity index (χ2v) is 3.50. The molecule has 1 aromatic carbocycles. The van der Waals surface area contributed by atoms with Crippen molar-refractivity contribution in [1.29, 1.82) is 0 Å². The van der Waals surface area contributed by atoms with E-state index in [1.54, 1.807) is 0 Å². The standard InChI is InChI=1S/C14H18O3/c1-3-6-12-11-13(16-4-2)7-8-14(12)17-10-5-9-15/h3,7-9,11H,1,4-6,10H2,2H3. The van der Waals surface area contributed by atoms with Crippen LogP contribution in [0.3, 0.4) is 0 Å². The van der Waals surface area contributed by atoms with Gasteiger partial charge in [0.05, 0.1) is 13.2 Å². The van der Waals surface area contributed by atoms with Crippen molar-refractivity contribution in [2.75, 3.05) is 13.2 Å². The number of hydrogen-bond acceptors (Lipinski definition) is 3. The number of aldehydes is 1. The van der Waals surface area contributed by atoms with Crippen molar-refractivity contribution in [2.24, 2.45) is 0 Å². The summed E-state index contributed by atoms with van der Waals surface area (Å²) in [6, 6.07) is 5.68. The van der Waals surface area contributed by atoms with Crippen LogP contribution in [0.4, 0.5) is 0 Å². The van der Waals surface area contributed by atoms with Crippen molar-refractivity contribution in [3.8, 4) is 11.5 Å². The summed E-state index contributed by atoms with van der Waals surface area (Å²) in [4.78, 5) is 10.2. The predicted molar refractivity (Wildman–Crippen MR) is 67.7 cm³/mol. The molecule has 3 heteroatoms. The lowest BCUT2D eigenvalue weighted by molar-refractivity contribution is -0.108. The van der Waals surface area contributed by atoms with Gasteiger partial charge in [-0.05, 0) is 31.5 Å². The highest BCUT2D eigenvalue weighted by Crippen LogP contribution is 2.25. The van der Waals surface area contributed by atoms with Crippen LogP contribution in [0, 0.1) is 0 Å². The molecule has 0 N–H and O–H groups in total. The van der Waals surface area contributed by atoms with E-state index in [1.165, 1.54) is 0 Å². The maximum absolute atomic E-state index is 10.2. The number of carbonyl (C=O) groups is 1. The quantitative estimate of drug-likeness (QED) is 0.394. The largest absolute Gasteiger partial charge is 0.494 e. The summed E-state index contributed by atoms with van der Waals surface area (Å²) in [7, 11) is 0. The third kappa shape index (κ3) is 4.31. The Morgan fingerprint density at radius 2 is 2.18 bits per heavy atom. The van der Waals surface area contributed by atoms with Crippen LogP contribution < -0.4 is 9.47 Å². The maximum atomic E-state index is 10.2. The molecule has 0 saturated heterocycles. The first-order valence-corrected chi connectivity index (χ1v) is 5.74. The van der Waals surface area contributed by atoms with Gasteiger partial charge >= 0.3 is 0 Å². The summed E-state index contributed by atoms with van der Waals surface area (Å²) in [5.74, 6) is 1.61. The molecule has 0 spiro atoms. The Balaban J connectivity index is 2.79. The van der Waals surface area contributed by atoms with E-state index in [9.17, 15) is 4.79 Å². The van der Waals surface area contributed by atoms with Gasteiger partial charge in [0.25, 0.3) is 0 Å². The zero-order valence-electron chi connectivity index (χ0n) is 10.1. The van der Waals surface area contributed by atoms with Crippen molar-refractivity contribution in [2.45, 2.75) is 19.8 Å². The fraction of sp³-hybridized carbons (Fsp3) is 0.357. The van der Waals surface area contributed by atoms with Gasteiger partial charge in [-0.15, -0.1) is 6.58 Å². The topological polar surface area (TPSA) is 35.5 Å². The number of allylic oxidation sites excluding steroid dienone is 1. The molecule has 0 aliphatic rings.